The van der Waals surface area contributed by atoms with Crippen LogP contribution >= 0.6 is 0 Å². The minimum atomic E-state index is -3.99. The normalized spacial score (nSPS) is 15.4. The smallest absolute Gasteiger partial charge is 0.326 e. The SMILES string of the molecule is CC(CCC=C([SiH3])C(=O)O)S(=O)(=O)O. The van der Waals surface area contributed by atoms with Crippen LogP contribution < -0.4 is 0 Å². The lowest BCUT2D eigenvalue weighted by Crippen LogP contribution is -2.16. The molecule has 0 radical (unpaired) electrons. The van der Waals surface area contributed by atoms with E-state index in [1.807, 2.05) is 0 Å². The van der Waals surface area contributed by atoms with Gasteiger partial charge in [0.25, 0.3) is 10.1 Å². The molecule has 0 aliphatic carbocycles. The molecule has 0 bridgehead atoms. The predicted molar refractivity (Wildman–Crippen MR) is 55.9 cm³/mol. The first-order valence-electron chi connectivity index (χ1n) is 4.11. The Kier molecular flexibility index (Phi) is 5.03. The van der Waals surface area contributed by atoms with Crippen molar-refractivity contribution in [2.75, 3.05) is 0 Å². The van der Waals surface area contributed by atoms with Crippen LogP contribution in [0.15, 0.2) is 11.3 Å². The van der Waals surface area contributed by atoms with Gasteiger partial charge in [0.1, 0.15) is 0 Å². The van der Waals surface area contributed by atoms with Gasteiger partial charge in [0.05, 0.1) is 5.25 Å². The van der Waals surface area contributed by atoms with Crippen LogP contribution in [0.5, 0.6) is 0 Å². The summed E-state index contributed by atoms with van der Waals surface area (Å²) in [5.41, 5.74) is 0. The molecule has 14 heavy (non-hydrogen) atoms. The summed E-state index contributed by atoms with van der Waals surface area (Å²) in [4.78, 5) is 10.4. The minimum absolute atomic E-state index is 0.234. The number of rotatable bonds is 5. The van der Waals surface area contributed by atoms with Gasteiger partial charge in [0, 0.05) is 15.4 Å². The summed E-state index contributed by atoms with van der Waals surface area (Å²) in [5.74, 6) is -0.962. The Morgan fingerprint density at radius 3 is 2.43 bits per heavy atom. The lowest BCUT2D eigenvalue weighted by Gasteiger charge is -2.05. The number of hydrogen-bond donors (Lipinski definition) is 2. The fourth-order valence-electron chi connectivity index (χ4n) is 0.771. The summed E-state index contributed by atoms with van der Waals surface area (Å²) >= 11 is 0. The van der Waals surface area contributed by atoms with Gasteiger partial charge in [0.2, 0.25) is 0 Å². The predicted octanol–water partition coefficient (Wildman–Crippen LogP) is -0.623. The van der Waals surface area contributed by atoms with E-state index in [4.69, 9.17) is 9.66 Å². The maximum atomic E-state index is 10.6. The van der Waals surface area contributed by atoms with Gasteiger partial charge in [0.15, 0.2) is 0 Å². The molecule has 0 aliphatic rings. The zero-order valence-corrected chi connectivity index (χ0v) is 10.9. The van der Waals surface area contributed by atoms with E-state index in [0.717, 1.165) is 0 Å². The molecule has 2 N–H and O–H groups in total. The third-order valence-corrected chi connectivity index (χ3v) is 3.96. The van der Waals surface area contributed by atoms with Crippen LogP contribution in [0.25, 0.3) is 0 Å². The molecule has 0 spiro atoms. The van der Waals surface area contributed by atoms with Gasteiger partial charge in [-0.15, -0.1) is 0 Å². The number of carboxylic acids is 1. The number of carboxylic acid groups (broad SMARTS) is 1. The Balaban J connectivity index is 4.10. The average molecular weight is 238 g/mol. The Bertz CT molecular complexity index is 332. The highest BCUT2D eigenvalue weighted by Crippen LogP contribution is 2.07. The van der Waals surface area contributed by atoms with Crippen molar-refractivity contribution in [2.24, 2.45) is 0 Å². The highest BCUT2D eigenvalue weighted by molar-refractivity contribution is 7.86. The van der Waals surface area contributed by atoms with Crippen LogP contribution in [-0.2, 0) is 14.9 Å². The summed E-state index contributed by atoms with van der Waals surface area (Å²) < 4.78 is 29.7. The third kappa shape index (κ3) is 5.15. The lowest BCUT2D eigenvalue weighted by atomic mass is 10.2. The fraction of sp³-hybridized carbons (Fsp3) is 0.571. The molecule has 0 aromatic rings. The van der Waals surface area contributed by atoms with Gasteiger partial charge in [-0.05, 0) is 19.8 Å². The number of hydrogen-bond acceptors (Lipinski definition) is 3. The highest BCUT2D eigenvalue weighted by atomic mass is 32.2. The number of allylic oxidation sites excluding steroid dienone is 1. The van der Waals surface area contributed by atoms with Crippen molar-refractivity contribution < 1.29 is 22.9 Å². The van der Waals surface area contributed by atoms with E-state index in [1.165, 1.54) is 13.0 Å². The first-order chi connectivity index (χ1) is 6.25. The van der Waals surface area contributed by atoms with Crippen molar-refractivity contribution in [3.05, 3.63) is 11.3 Å². The van der Waals surface area contributed by atoms with Crippen LogP contribution in [-0.4, -0.2) is 39.5 Å². The van der Waals surface area contributed by atoms with E-state index < -0.39 is 21.3 Å². The van der Waals surface area contributed by atoms with Crippen molar-refractivity contribution in [3.63, 3.8) is 0 Å². The summed E-state index contributed by atoms with van der Waals surface area (Å²) in [6.45, 7) is 1.39. The van der Waals surface area contributed by atoms with Crippen molar-refractivity contribution in [1.82, 2.24) is 0 Å². The van der Waals surface area contributed by atoms with Crippen molar-refractivity contribution in [1.29, 1.82) is 0 Å². The van der Waals surface area contributed by atoms with Gasteiger partial charge in [-0.25, -0.2) is 4.79 Å². The molecule has 0 aromatic carbocycles. The van der Waals surface area contributed by atoms with Crippen LogP contribution in [0.4, 0.5) is 0 Å². The van der Waals surface area contributed by atoms with Gasteiger partial charge < -0.3 is 5.11 Å². The molecule has 0 saturated heterocycles. The average Bonchev–Trinajstić information content (AvgIpc) is 2.01. The molecule has 0 fully saturated rings. The molecule has 0 amide bonds. The molecule has 0 saturated carbocycles. The largest absolute Gasteiger partial charge is 0.478 e. The summed E-state index contributed by atoms with van der Waals surface area (Å²) in [6, 6.07) is 0. The molecule has 0 aromatic heterocycles. The van der Waals surface area contributed by atoms with E-state index in [-0.39, 0.29) is 6.42 Å². The summed E-state index contributed by atoms with van der Waals surface area (Å²) in [6.07, 6.45) is 2.08. The zero-order chi connectivity index (χ0) is 11.4. The monoisotopic (exact) mass is 238 g/mol. The van der Waals surface area contributed by atoms with E-state index in [0.29, 0.717) is 21.9 Å². The molecule has 1 unspecified atom stereocenters. The molecule has 5 nitrogen and oxygen atoms in total. The lowest BCUT2D eigenvalue weighted by molar-refractivity contribution is -0.131. The Morgan fingerprint density at radius 2 is 2.07 bits per heavy atom. The molecule has 82 valence electrons. The first-order valence-corrected chi connectivity index (χ1v) is 6.62. The molecule has 7 heteroatoms. The van der Waals surface area contributed by atoms with Gasteiger partial charge in [-0.2, -0.15) is 8.42 Å². The molecule has 1 atom stereocenters. The van der Waals surface area contributed by atoms with Crippen LogP contribution in [0.3, 0.4) is 0 Å². The van der Waals surface area contributed by atoms with Crippen molar-refractivity contribution >= 4 is 26.3 Å². The van der Waals surface area contributed by atoms with E-state index >= 15 is 0 Å². The topological polar surface area (TPSA) is 91.7 Å². The Hall–Kier alpha value is -0.663. The van der Waals surface area contributed by atoms with Crippen molar-refractivity contribution in [2.45, 2.75) is 25.0 Å². The summed E-state index contributed by atoms with van der Waals surface area (Å²) in [5, 5.41) is 7.97. The van der Waals surface area contributed by atoms with E-state index in [1.54, 1.807) is 0 Å². The Morgan fingerprint density at radius 1 is 1.57 bits per heavy atom. The first kappa shape index (κ1) is 13.3. The number of aliphatic carboxylic acids is 1. The van der Waals surface area contributed by atoms with E-state index in [2.05, 4.69) is 0 Å². The molecular weight excluding hydrogens is 224 g/mol. The quantitative estimate of drug-likeness (QED) is 0.378. The second-order valence-corrected chi connectivity index (χ2v) is 6.01. The Labute approximate surface area is 86.0 Å². The van der Waals surface area contributed by atoms with Crippen LogP contribution in [0, 0.1) is 0 Å². The van der Waals surface area contributed by atoms with Crippen LogP contribution in [0.1, 0.15) is 19.8 Å². The molecule has 0 rings (SSSR count). The molecule has 0 aliphatic heterocycles. The van der Waals surface area contributed by atoms with Gasteiger partial charge >= 0.3 is 5.97 Å². The third-order valence-electron chi connectivity index (χ3n) is 1.87. The molecular formula is C7H14O5SSi. The fourth-order valence-corrected chi connectivity index (χ4v) is 1.49. The minimum Gasteiger partial charge on any atom is -0.478 e. The van der Waals surface area contributed by atoms with Gasteiger partial charge in [-0.3, -0.25) is 4.55 Å². The highest BCUT2D eigenvalue weighted by Gasteiger charge is 2.15. The van der Waals surface area contributed by atoms with Crippen LogP contribution in [0.2, 0.25) is 0 Å². The van der Waals surface area contributed by atoms with Gasteiger partial charge in [-0.1, -0.05) is 6.08 Å². The van der Waals surface area contributed by atoms with Crippen molar-refractivity contribution in [3.8, 4) is 0 Å². The second-order valence-electron chi connectivity index (χ2n) is 3.10. The van der Waals surface area contributed by atoms with E-state index in [9.17, 15) is 13.2 Å². The second kappa shape index (κ2) is 5.28. The number of carbonyl (C=O) groups is 1. The maximum absolute atomic E-state index is 10.6. The maximum Gasteiger partial charge on any atom is 0.326 e. The molecule has 0 heterocycles. The standard InChI is InChI=1S/C7H14O5SSi/c1-5(13(10,11)12)3-2-4-6(14)7(8)9/h4-5H,2-3H2,1,14H3,(H,8,9)(H,10,11,12). The summed E-state index contributed by atoms with van der Waals surface area (Å²) in [7, 11) is -3.56. The zero-order valence-electron chi connectivity index (χ0n) is 8.10.